The van der Waals surface area contributed by atoms with Gasteiger partial charge in [0.15, 0.2) is 0 Å². The van der Waals surface area contributed by atoms with Crippen molar-refractivity contribution in [2.24, 2.45) is 0 Å². The topological polar surface area (TPSA) is 58.4 Å². The van der Waals surface area contributed by atoms with Crippen LogP contribution < -0.4 is 11.1 Å². The minimum atomic E-state index is 0.0552. The smallest absolute Gasteiger partial charge is 0.317 e. The van der Waals surface area contributed by atoms with Crippen LogP contribution >= 0.6 is 11.8 Å². The zero-order valence-electron chi connectivity index (χ0n) is 9.90. The van der Waals surface area contributed by atoms with Crippen molar-refractivity contribution in [3.8, 4) is 0 Å². The van der Waals surface area contributed by atoms with E-state index in [2.05, 4.69) is 12.2 Å². The Morgan fingerprint density at radius 2 is 2.35 bits per heavy atom. The number of amides is 2. The van der Waals surface area contributed by atoms with E-state index in [4.69, 9.17) is 5.73 Å². The van der Waals surface area contributed by atoms with E-state index in [1.165, 1.54) is 10.5 Å². The molecule has 0 radical (unpaired) electrons. The number of aryl methyl sites for hydroxylation is 1. The number of anilines is 1. The van der Waals surface area contributed by atoms with Gasteiger partial charge in [0.05, 0.1) is 0 Å². The molecule has 1 aliphatic rings. The van der Waals surface area contributed by atoms with Gasteiger partial charge in [-0.05, 0) is 30.7 Å². The minimum Gasteiger partial charge on any atom is -0.399 e. The Morgan fingerprint density at radius 1 is 1.53 bits per heavy atom. The van der Waals surface area contributed by atoms with Crippen molar-refractivity contribution >= 4 is 23.5 Å². The van der Waals surface area contributed by atoms with E-state index in [9.17, 15) is 4.79 Å². The summed E-state index contributed by atoms with van der Waals surface area (Å²) in [4.78, 5) is 14.4. The van der Waals surface area contributed by atoms with Gasteiger partial charge in [-0.2, -0.15) is 0 Å². The second kappa shape index (κ2) is 5.31. The number of carbonyl (C=O) groups is 1. The van der Waals surface area contributed by atoms with Crippen molar-refractivity contribution < 1.29 is 4.79 Å². The van der Waals surface area contributed by atoms with Crippen molar-refractivity contribution in [1.29, 1.82) is 0 Å². The van der Waals surface area contributed by atoms with Crippen LogP contribution in [0, 0.1) is 6.92 Å². The molecule has 0 saturated carbocycles. The first-order chi connectivity index (χ1) is 8.16. The molecule has 0 atom stereocenters. The van der Waals surface area contributed by atoms with E-state index in [0.717, 1.165) is 31.1 Å². The quantitative estimate of drug-likeness (QED) is 0.632. The van der Waals surface area contributed by atoms with E-state index in [1.807, 2.05) is 23.1 Å². The average Bonchev–Trinajstić information content (AvgIpc) is 2.68. The Balaban J connectivity index is 1.83. The highest BCUT2D eigenvalue weighted by atomic mass is 32.2. The summed E-state index contributed by atoms with van der Waals surface area (Å²) in [5.74, 6) is 0.915. The third kappa shape index (κ3) is 3.06. The fraction of sp³-hybridized carbons (Fsp3) is 0.417. The molecule has 0 spiro atoms. The van der Waals surface area contributed by atoms with Crippen molar-refractivity contribution in [3.05, 3.63) is 23.8 Å². The Morgan fingerprint density at radius 3 is 3.00 bits per heavy atom. The van der Waals surface area contributed by atoms with E-state index in [1.54, 1.807) is 11.8 Å². The molecule has 1 aliphatic heterocycles. The summed E-state index contributed by atoms with van der Waals surface area (Å²) >= 11 is 1.77. The Hall–Kier alpha value is -1.36. The molecule has 1 aromatic carbocycles. The van der Waals surface area contributed by atoms with E-state index in [-0.39, 0.29) is 6.03 Å². The Labute approximate surface area is 106 Å². The molecular formula is C12H17N3OS. The molecule has 0 bridgehead atoms. The van der Waals surface area contributed by atoms with Crippen LogP contribution in [0.5, 0.6) is 0 Å². The second-order valence-electron chi connectivity index (χ2n) is 4.09. The van der Waals surface area contributed by atoms with E-state index >= 15 is 0 Å². The van der Waals surface area contributed by atoms with Crippen LogP contribution in [0.1, 0.15) is 5.56 Å². The van der Waals surface area contributed by atoms with E-state index < -0.39 is 0 Å². The van der Waals surface area contributed by atoms with Gasteiger partial charge in [0.25, 0.3) is 0 Å². The molecule has 1 heterocycles. The first kappa shape index (κ1) is 12.1. The molecule has 0 aliphatic carbocycles. The molecule has 0 aromatic heterocycles. The number of nitrogens with zero attached hydrogens (tertiary/aromatic N) is 1. The predicted molar refractivity (Wildman–Crippen MR) is 71.3 cm³/mol. The third-order valence-electron chi connectivity index (χ3n) is 2.76. The zero-order valence-corrected chi connectivity index (χ0v) is 10.7. The van der Waals surface area contributed by atoms with Crippen LogP contribution in [0.2, 0.25) is 0 Å². The van der Waals surface area contributed by atoms with Gasteiger partial charge in [-0.15, -0.1) is 11.8 Å². The second-order valence-corrected chi connectivity index (χ2v) is 5.23. The SMILES string of the molecule is Cc1cc(N)ccc1SCCN1CCNC1=O. The molecule has 2 rings (SSSR count). The fourth-order valence-electron chi connectivity index (χ4n) is 1.82. The predicted octanol–water partition coefficient (Wildman–Crippen LogP) is 1.69. The molecule has 2 amide bonds. The van der Waals surface area contributed by atoms with Crippen LogP contribution in [-0.4, -0.2) is 36.3 Å². The molecule has 4 nitrogen and oxygen atoms in total. The number of hydrogen-bond donors (Lipinski definition) is 2. The van der Waals surface area contributed by atoms with Gasteiger partial charge in [-0.3, -0.25) is 0 Å². The number of nitrogen functional groups attached to an aromatic ring is 1. The number of thioether (sulfide) groups is 1. The standard InChI is InChI=1S/C12H17N3OS/c1-9-8-10(13)2-3-11(9)17-7-6-15-5-4-14-12(15)16/h2-3,8H,4-7,13H2,1H3,(H,14,16). The van der Waals surface area contributed by atoms with Crippen LogP contribution in [-0.2, 0) is 0 Å². The molecule has 0 unspecified atom stereocenters. The highest BCUT2D eigenvalue weighted by Gasteiger charge is 2.18. The molecular weight excluding hydrogens is 234 g/mol. The maximum absolute atomic E-state index is 11.3. The number of nitrogens with two attached hydrogens (primary N) is 1. The summed E-state index contributed by atoms with van der Waals surface area (Å²) in [7, 11) is 0. The summed E-state index contributed by atoms with van der Waals surface area (Å²) in [6.07, 6.45) is 0. The monoisotopic (exact) mass is 251 g/mol. The largest absolute Gasteiger partial charge is 0.399 e. The number of carbonyl (C=O) groups excluding carboxylic acids is 1. The molecule has 1 aromatic rings. The maximum Gasteiger partial charge on any atom is 0.317 e. The Bertz CT molecular complexity index is 422. The van der Waals surface area contributed by atoms with Crippen LogP contribution in [0.25, 0.3) is 0 Å². The number of urea groups is 1. The summed E-state index contributed by atoms with van der Waals surface area (Å²) in [6.45, 7) is 4.44. The van der Waals surface area contributed by atoms with Crippen molar-refractivity contribution in [2.75, 3.05) is 31.1 Å². The van der Waals surface area contributed by atoms with Gasteiger partial charge < -0.3 is 16.0 Å². The number of benzene rings is 1. The maximum atomic E-state index is 11.3. The van der Waals surface area contributed by atoms with Gasteiger partial charge in [0, 0.05) is 36.0 Å². The van der Waals surface area contributed by atoms with Gasteiger partial charge in [0.2, 0.25) is 0 Å². The molecule has 5 heteroatoms. The van der Waals surface area contributed by atoms with Crippen molar-refractivity contribution in [3.63, 3.8) is 0 Å². The summed E-state index contributed by atoms with van der Waals surface area (Å²) in [5, 5.41) is 2.80. The summed E-state index contributed by atoms with van der Waals surface area (Å²) in [6, 6.07) is 5.99. The molecule has 1 saturated heterocycles. The van der Waals surface area contributed by atoms with Crippen molar-refractivity contribution in [1.82, 2.24) is 10.2 Å². The number of rotatable bonds is 4. The summed E-state index contributed by atoms with van der Waals surface area (Å²) < 4.78 is 0. The Kier molecular flexibility index (Phi) is 3.78. The lowest BCUT2D eigenvalue weighted by Crippen LogP contribution is -2.30. The van der Waals surface area contributed by atoms with E-state index in [0.29, 0.717) is 0 Å². The van der Waals surface area contributed by atoms with Gasteiger partial charge in [0.1, 0.15) is 0 Å². The molecule has 17 heavy (non-hydrogen) atoms. The highest BCUT2D eigenvalue weighted by molar-refractivity contribution is 7.99. The van der Waals surface area contributed by atoms with Gasteiger partial charge in [-0.25, -0.2) is 4.79 Å². The van der Waals surface area contributed by atoms with Crippen LogP contribution in [0.3, 0.4) is 0 Å². The minimum absolute atomic E-state index is 0.0552. The zero-order chi connectivity index (χ0) is 12.3. The van der Waals surface area contributed by atoms with Gasteiger partial charge in [-0.1, -0.05) is 0 Å². The van der Waals surface area contributed by atoms with Gasteiger partial charge >= 0.3 is 6.03 Å². The normalized spacial score (nSPS) is 15.1. The molecule has 92 valence electrons. The van der Waals surface area contributed by atoms with Crippen LogP contribution in [0.4, 0.5) is 10.5 Å². The third-order valence-corrected chi connectivity index (χ3v) is 3.92. The fourth-order valence-corrected chi connectivity index (χ4v) is 2.81. The first-order valence-corrected chi connectivity index (χ1v) is 6.67. The molecule has 3 N–H and O–H groups in total. The lowest BCUT2D eigenvalue weighted by molar-refractivity contribution is 0.220. The first-order valence-electron chi connectivity index (χ1n) is 5.68. The highest BCUT2D eigenvalue weighted by Crippen LogP contribution is 2.24. The molecule has 1 fully saturated rings. The number of nitrogens with one attached hydrogen (secondary N) is 1. The lowest BCUT2D eigenvalue weighted by Gasteiger charge is -2.14. The van der Waals surface area contributed by atoms with Crippen molar-refractivity contribution in [2.45, 2.75) is 11.8 Å². The number of hydrogen-bond acceptors (Lipinski definition) is 3. The average molecular weight is 251 g/mol. The summed E-state index contributed by atoms with van der Waals surface area (Å²) in [5.41, 5.74) is 7.70. The van der Waals surface area contributed by atoms with Crippen LogP contribution in [0.15, 0.2) is 23.1 Å². The lowest BCUT2D eigenvalue weighted by atomic mass is 10.2.